The minimum absolute atomic E-state index is 0.163. The van der Waals surface area contributed by atoms with Gasteiger partial charge in [0.1, 0.15) is 12.4 Å². The van der Waals surface area contributed by atoms with Crippen LogP contribution in [0, 0.1) is 0 Å². The van der Waals surface area contributed by atoms with Crippen LogP contribution in [0.25, 0.3) is 0 Å². The summed E-state index contributed by atoms with van der Waals surface area (Å²) in [4.78, 5) is 2.46. The van der Waals surface area contributed by atoms with Gasteiger partial charge < -0.3 is 4.55 Å². The number of aromatic nitrogens is 2. The average molecular weight is 288 g/mol. The fraction of sp³-hybridized carbons (Fsp3) is 0.500. The summed E-state index contributed by atoms with van der Waals surface area (Å²) in [6.07, 6.45) is 3.86. The molecule has 0 aromatic carbocycles. The SMILES string of the molecule is CCC[n+]1cc[nH]c1S(=O)(=O)O.O=S(=O)([O-])O. The molecule has 1 heterocycles. The Hall–Kier alpha value is -1.01. The van der Waals surface area contributed by atoms with Gasteiger partial charge in [-0.1, -0.05) is 6.92 Å². The quantitative estimate of drug-likeness (QED) is 0.365. The molecule has 1 rings (SSSR count). The molecule has 1 aromatic rings. The number of hydrogen-bond donors (Lipinski definition) is 3. The van der Waals surface area contributed by atoms with Crippen LogP contribution in [-0.4, -0.2) is 35.5 Å². The van der Waals surface area contributed by atoms with E-state index in [0.29, 0.717) is 6.54 Å². The fourth-order valence-corrected chi connectivity index (χ4v) is 1.65. The molecule has 0 atom stereocenters. The maximum atomic E-state index is 10.7. The molecule has 3 N–H and O–H groups in total. The Bertz CT molecular complexity index is 537. The van der Waals surface area contributed by atoms with Gasteiger partial charge >= 0.3 is 15.3 Å². The lowest BCUT2D eigenvalue weighted by Gasteiger charge is -1.93. The van der Waals surface area contributed by atoms with Crippen LogP contribution < -0.4 is 4.57 Å². The number of rotatable bonds is 3. The van der Waals surface area contributed by atoms with Gasteiger partial charge in [-0.25, -0.2) is 18.0 Å². The number of aryl methyl sites for hydroxylation is 1. The molecule has 0 saturated carbocycles. The number of hydrogen-bond acceptors (Lipinski definition) is 5. The van der Waals surface area contributed by atoms with Crippen LogP contribution in [0.1, 0.15) is 13.3 Å². The van der Waals surface area contributed by atoms with E-state index in [4.69, 9.17) is 22.1 Å². The summed E-state index contributed by atoms with van der Waals surface area (Å²) < 4.78 is 64.4. The second-order valence-electron chi connectivity index (χ2n) is 2.86. The van der Waals surface area contributed by atoms with Gasteiger partial charge in [-0.05, 0) is 6.42 Å². The third kappa shape index (κ3) is 7.82. The molecule has 0 aliphatic carbocycles. The lowest BCUT2D eigenvalue weighted by molar-refractivity contribution is -0.733. The summed E-state index contributed by atoms with van der Waals surface area (Å²) in [6.45, 7) is 2.49. The monoisotopic (exact) mass is 288 g/mol. The topological polar surface area (TPSA) is 151 Å². The van der Waals surface area contributed by atoms with E-state index in [1.807, 2.05) is 6.92 Å². The maximum absolute atomic E-state index is 10.7. The van der Waals surface area contributed by atoms with Crippen molar-refractivity contribution in [3.8, 4) is 0 Å². The molecule has 0 aliphatic heterocycles. The van der Waals surface area contributed by atoms with Crippen LogP contribution >= 0.6 is 0 Å². The summed E-state index contributed by atoms with van der Waals surface area (Å²) in [5.74, 6) is 0. The predicted octanol–water partition coefficient (Wildman–Crippen LogP) is -1.04. The molecule has 0 radical (unpaired) electrons. The van der Waals surface area contributed by atoms with Gasteiger partial charge in [0.25, 0.3) is 0 Å². The molecule has 0 saturated heterocycles. The van der Waals surface area contributed by atoms with E-state index in [0.717, 1.165) is 6.42 Å². The highest BCUT2D eigenvalue weighted by molar-refractivity contribution is 7.85. The van der Waals surface area contributed by atoms with E-state index >= 15 is 0 Å². The first-order valence-corrected chi connectivity index (χ1v) is 7.08. The molecule has 0 bridgehead atoms. The molecule has 1 aromatic heterocycles. The summed E-state index contributed by atoms with van der Waals surface area (Å²) in [7, 11) is -9.02. The summed E-state index contributed by atoms with van der Waals surface area (Å²) in [5.41, 5.74) is 0. The molecule has 0 spiro atoms. The second-order valence-corrected chi connectivity index (χ2v) is 5.05. The second kappa shape index (κ2) is 6.07. The molecule has 0 aliphatic rings. The first-order chi connectivity index (χ1) is 7.55. The van der Waals surface area contributed by atoms with Crippen molar-refractivity contribution in [2.45, 2.75) is 25.0 Å². The zero-order valence-corrected chi connectivity index (χ0v) is 10.4. The highest BCUT2D eigenvalue weighted by Crippen LogP contribution is 1.96. The zero-order valence-electron chi connectivity index (χ0n) is 8.77. The molecule has 0 unspecified atom stereocenters. The largest absolute Gasteiger partial charge is 0.726 e. The van der Waals surface area contributed by atoms with Gasteiger partial charge in [0.2, 0.25) is 10.4 Å². The van der Waals surface area contributed by atoms with Crippen molar-refractivity contribution in [3.63, 3.8) is 0 Å². The van der Waals surface area contributed by atoms with E-state index in [9.17, 15) is 8.42 Å². The first-order valence-electron chi connectivity index (χ1n) is 4.28. The predicted molar refractivity (Wildman–Crippen MR) is 53.4 cm³/mol. The van der Waals surface area contributed by atoms with E-state index in [2.05, 4.69) is 4.98 Å². The Morgan fingerprint density at radius 2 is 1.82 bits per heavy atom. The van der Waals surface area contributed by atoms with Gasteiger partial charge in [-0.3, -0.25) is 9.11 Å². The fourth-order valence-electron chi connectivity index (χ4n) is 0.989. The van der Waals surface area contributed by atoms with Gasteiger partial charge in [0, 0.05) is 0 Å². The first kappa shape index (κ1) is 16.0. The van der Waals surface area contributed by atoms with Crippen molar-refractivity contribution in [2.24, 2.45) is 0 Å². The highest BCUT2D eigenvalue weighted by atomic mass is 32.3. The smallest absolute Gasteiger partial charge is 0.400 e. The molecular formula is C6H12N2O7S2. The zero-order chi connectivity index (χ0) is 13.7. The van der Waals surface area contributed by atoms with Crippen molar-refractivity contribution in [1.29, 1.82) is 0 Å². The highest BCUT2D eigenvalue weighted by Gasteiger charge is 2.23. The van der Waals surface area contributed by atoms with Crippen LogP contribution in [0.4, 0.5) is 0 Å². The van der Waals surface area contributed by atoms with Crippen LogP contribution in [-0.2, 0) is 27.1 Å². The van der Waals surface area contributed by atoms with E-state index in [1.54, 1.807) is 6.20 Å². The number of aromatic amines is 1. The van der Waals surface area contributed by atoms with Crippen molar-refractivity contribution in [3.05, 3.63) is 12.4 Å². The van der Waals surface area contributed by atoms with E-state index < -0.39 is 20.5 Å². The third-order valence-corrected chi connectivity index (χ3v) is 2.27. The van der Waals surface area contributed by atoms with Gasteiger partial charge in [0.05, 0.1) is 6.54 Å². The van der Waals surface area contributed by atoms with E-state index in [-0.39, 0.29) is 5.16 Å². The normalized spacial score (nSPS) is 11.8. The van der Waals surface area contributed by atoms with Crippen LogP contribution in [0.2, 0.25) is 0 Å². The summed E-state index contributed by atoms with van der Waals surface area (Å²) in [6, 6.07) is 0. The summed E-state index contributed by atoms with van der Waals surface area (Å²) in [5, 5.41) is -0.163. The molecule has 9 nitrogen and oxygen atoms in total. The van der Waals surface area contributed by atoms with Crippen molar-refractivity contribution >= 4 is 20.5 Å². The van der Waals surface area contributed by atoms with Crippen molar-refractivity contribution in [2.75, 3.05) is 0 Å². The van der Waals surface area contributed by atoms with Crippen molar-refractivity contribution in [1.82, 2.24) is 4.98 Å². The Labute approximate surface area is 98.4 Å². The van der Waals surface area contributed by atoms with Crippen LogP contribution in [0.15, 0.2) is 17.6 Å². The Kier molecular flexibility index (Phi) is 5.71. The maximum Gasteiger partial charge on any atom is 0.400 e. The lowest BCUT2D eigenvalue weighted by atomic mass is 10.5. The number of H-pyrrole nitrogens is 1. The number of nitrogens with zero attached hydrogens (tertiary/aromatic N) is 1. The minimum Gasteiger partial charge on any atom is -0.726 e. The molecule has 0 fully saturated rings. The standard InChI is InChI=1S/C6H10N2O3S.H2O4S/c1-2-4-8-5-3-7-6(8)12(9,10)11;1-5(2,3)4/h3,5H,2,4H2,1H3,(H,9,10,11);(H2,1,2,3,4). The van der Waals surface area contributed by atoms with Gasteiger partial charge in [0.15, 0.2) is 0 Å². The van der Waals surface area contributed by atoms with Gasteiger partial charge in [-0.2, -0.15) is 8.42 Å². The van der Waals surface area contributed by atoms with Crippen LogP contribution in [0.3, 0.4) is 0 Å². The molecular weight excluding hydrogens is 276 g/mol. The molecule has 0 amide bonds. The van der Waals surface area contributed by atoms with E-state index in [1.165, 1.54) is 10.8 Å². The third-order valence-electron chi connectivity index (χ3n) is 1.43. The summed E-state index contributed by atoms with van der Waals surface area (Å²) >= 11 is 0. The average Bonchev–Trinajstić information content (AvgIpc) is 2.48. The Morgan fingerprint density at radius 3 is 2.18 bits per heavy atom. The molecule has 100 valence electrons. The number of nitrogens with one attached hydrogen (secondary N) is 1. The Balaban J connectivity index is 0.000000437. The lowest BCUT2D eigenvalue weighted by Crippen LogP contribution is -2.37. The molecule has 17 heavy (non-hydrogen) atoms. The minimum atomic E-state index is -4.92. The van der Waals surface area contributed by atoms with Crippen LogP contribution in [0.5, 0.6) is 0 Å². The van der Waals surface area contributed by atoms with Gasteiger partial charge in [-0.15, -0.1) is 0 Å². The van der Waals surface area contributed by atoms with Crippen molar-refractivity contribution < 1.29 is 35.1 Å². The molecule has 11 heteroatoms. The Morgan fingerprint density at radius 1 is 1.35 bits per heavy atom. The number of imidazole rings is 1.